The first-order chi connectivity index (χ1) is 11.8. The second-order valence-electron chi connectivity index (χ2n) is 8.10. The van der Waals surface area contributed by atoms with Crippen molar-refractivity contribution in [3.63, 3.8) is 0 Å². The number of hydrogen-bond acceptors (Lipinski definition) is 3. The predicted octanol–water partition coefficient (Wildman–Crippen LogP) is 3.94. The number of aryl methyl sites for hydroxylation is 2. The van der Waals surface area contributed by atoms with Crippen LogP contribution in [0.2, 0.25) is 0 Å². The highest BCUT2D eigenvalue weighted by Gasteiger charge is 2.67. The van der Waals surface area contributed by atoms with Crippen LogP contribution in [0.25, 0.3) is 0 Å². The fourth-order valence-electron chi connectivity index (χ4n) is 4.79. The van der Waals surface area contributed by atoms with Gasteiger partial charge in [0.15, 0.2) is 5.79 Å². The molecule has 1 aliphatic carbocycles. The van der Waals surface area contributed by atoms with Crippen molar-refractivity contribution in [3.05, 3.63) is 29.3 Å². The SMILES string of the molecule is COC1(OC)CC2(CN(C(=O)Nc3cc(C)ccc3C)C2C(C)C)C1. The van der Waals surface area contributed by atoms with E-state index in [1.807, 2.05) is 30.9 Å². The lowest BCUT2D eigenvalue weighted by atomic mass is 9.52. The van der Waals surface area contributed by atoms with E-state index >= 15 is 0 Å². The van der Waals surface area contributed by atoms with Gasteiger partial charge in [-0.2, -0.15) is 0 Å². The number of hydrogen-bond donors (Lipinski definition) is 1. The molecule has 138 valence electrons. The van der Waals surface area contributed by atoms with Gasteiger partial charge in [0.05, 0.1) is 0 Å². The van der Waals surface area contributed by atoms with Gasteiger partial charge in [0, 0.05) is 50.8 Å². The molecular weight excluding hydrogens is 316 g/mol. The van der Waals surface area contributed by atoms with Gasteiger partial charge in [-0.05, 0) is 37.0 Å². The van der Waals surface area contributed by atoms with Gasteiger partial charge in [0.2, 0.25) is 0 Å². The highest BCUT2D eigenvalue weighted by atomic mass is 16.7. The minimum absolute atomic E-state index is 0.00893. The van der Waals surface area contributed by atoms with E-state index in [1.165, 1.54) is 0 Å². The largest absolute Gasteiger partial charge is 0.353 e. The molecule has 25 heavy (non-hydrogen) atoms. The number of nitrogens with one attached hydrogen (secondary N) is 1. The van der Waals surface area contributed by atoms with E-state index in [0.717, 1.165) is 36.2 Å². The van der Waals surface area contributed by atoms with E-state index < -0.39 is 5.79 Å². The van der Waals surface area contributed by atoms with Crippen molar-refractivity contribution in [2.45, 2.75) is 52.4 Å². The molecule has 0 radical (unpaired) electrons. The molecule has 1 saturated carbocycles. The zero-order chi connectivity index (χ0) is 18.4. The minimum atomic E-state index is -0.469. The van der Waals surface area contributed by atoms with Crippen LogP contribution in [0, 0.1) is 25.2 Å². The first-order valence-corrected chi connectivity index (χ1v) is 9.01. The van der Waals surface area contributed by atoms with E-state index in [2.05, 4.69) is 25.2 Å². The lowest BCUT2D eigenvalue weighted by molar-refractivity contribution is -0.331. The van der Waals surface area contributed by atoms with Crippen LogP contribution >= 0.6 is 0 Å². The molecule has 1 unspecified atom stereocenters. The third-order valence-electron chi connectivity index (χ3n) is 5.96. The number of carbonyl (C=O) groups is 1. The van der Waals surface area contributed by atoms with Gasteiger partial charge in [0.25, 0.3) is 0 Å². The summed E-state index contributed by atoms with van der Waals surface area (Å²) in [5.74, 6) is -0.0761. The fourth-order valence-corrected chi connectivity index (χ4v) is 4.79. The number of ether oxygens (including phenoxy) is 2. The quantitative estimate of drug-likeness (QED) is 0.840. The number of methoxy groups -OCH3 is 2. The van der Waals surface area contributed by atoms with Crippen LogP contribution < -0.4 is 5.32 Å². The van der Waals surface area contributed by atoms with Gasteiger partial charge >= 0.3 is 6.03 Å². The van der Waals surface area contributed by atoms with Crippen LogP contribution in [0.4, 0.5) is 10.5 Å². The van der Waals surface area contributed by atoms with Gasteiger partial charge < -0.3 is 19.7 Å². The summed E-state index contributed by atoms with van der Waals surface area (Å²) >= 11 is 0. The number of benzene rings is 1. The van der Waals surface area contributed by atoms with E-state index in [4.69, 9.17) is 9.47 Å². The van der Waals surface area contributed by atoms with E-state index in [1.54, 1.807) is 14.2 Å². The Morgan fingerprint density at radius 2 is 1.88 bits per heavy atom. The second-order valence-corrected chi connectivity index (χ2v) is 8.10. The first-order valence-electron chi connectivity index (χ1n) is 9.01. The Labute approximate surface area is 150 Å². The maximum absolute atomic E-state index is 12.9. The summed E-state index contributed by atoms with van der Waals surface area (Å²) < 4.78 is 11.1. The molecule has 1 saturated heterocycles. The minimum Gasteiger partial charge on any atom is -0.353 e. The van der Waals surface area contributed by atoms with Crippen LogP contribution in [0.15, 0.2) is 18.2 Å². The van der Waals surface area contributed by atoms with E-state index in [0.29, 0.717) is 5.92 Å². The van der Waals surface area contributed by atoms with Gasteiger partial charge in [-0.1, -0.05) is 26.0 Å². The fraction of sp³-hybridized carbons (Fsp3) is 0.650. The Bertz CT molecular complexity index is 659. The number of nitrogens with zero attached hydrogens (tertiary/aromatic N) is 1. The molecule has 1 N–H and O–H groups in total. The highest BCUT2D eigenvalue weighted by Crippen LogP contribution is 2.61. The molecule has 2 fully saturated rings. The molecule has 1 atom stereocenters. The number of likely N-dealkylation sites (tertiary alicyclic amines) is 1. The molecule has 1 heterocycles. The average Bonchev–Trinajstić information content (AvgIpc) is 2.49. The van der Waals surface area contributed by atoms with Gasteiger partial charge in [-0.15, -0.1) is 0 Å². The van der Waals surface area contributed by atoms with Crippen LogP contribution in [0.5, 0.6) is 0 Å². The maximum Gasteiger partial charge on any atom is 0.322 e. The van der Waals surface area contributed by atoms with Gasteiger partial charge in [-0.3, -0.25) is 0 Å². The molecule has 0 aromatic heterocycles. The molecular formula is C20H30N2O3. The monoisotopic (exact) mass is 346 g/mol. The molecule has 2 aliphatic rings. The summed E-state index contributed by atoms with van der Waals surface area (Å²) in [5, 5.41) is 3.10. The second kappa shape index (κ2) is 6.29. The van der Waals surface area contributed by atoms with Crippen LogP contribution in [-0.4, -0.2) is 43.5 Å². The molecule has 2 amide bonds. The number of carbonyl (C=O) groups excluding carboxylic acids is 1. The van der Waals surface area contributed by atoms with Crippen molar-refractivity contribution in [3.8, 4) is 0 Å². The van der Waals surface area contributed by atoms with Crippen molar-refractivity contribution in [2.75, 3.05) is 26.1 Å². The molecule has 1 aromatic carbocycles. The summed E-state index contributed by atoms with van der Waals surface area (Å²) in [6, 6.07) is 6.34. The normalized spacial score (nSPS) is 23.3. The number of rotatable bonds is 4. The van der Waals surface area contributed by atoms with Crippen molar-refractivity contribution >= 4 is 11.7 Å². The average molecular weight is 346 g/mol. The Balaban J connectivity index is 1.71. The Hall–Kier alpha value is -1.59. The van der Waals surface area contributed by atoms with Crippen molar-refractivity contribution in [1.29, 1.82) is 0 Å². The smallest absolute Gasteiger partial charge is 0.322 e. The third-order valence-corrected chi connectivity index (χ3v) is 5.96. The zero-order valence-electron chi connectivity index (χ0n) is 16.2. The lowest BCUT2D eigenvalue weighted by Crippen LogP contribution is -2.77. The Morgan fingerprint density at radius 3 is 2.44 bits per heavy atom. The van der Waals surface area contributed by atoms with Gasteiger partial charge in [-0.25, -0.2) is 4.79 Å². The summed E-state index contributed by atoms with van der Waals surface area (Å²) in [6.07, 6.45) is 1.70. The molecule has 3 rings (SSSR count). The van der Waals surface area contributed by atoms with E-state index in [9.17, 15) is 4.79 Å². The molecule has 1 spiro atoms. The Morgan fingerprint density at radius 1 is 1.24 bits per heavy atom. The standard InChI is InChI=1S/C20H30N2O3/c1-13(2)17-19(10-20(11-19,24-5)25-6)12-22(17)18(23)21-16-9-14(3)7-8-15(16)4/h7-9,13,17H,10-12H2,1-6H3,(H,21,23). The molecule has 5 nitrogen and oxygen atoms in total. The number of urea groups is 1. The Kier molecular flexibility index (Phi) is 4.58. The van der Waals surface area contributed by atoms with Crippen LogP contribution in [-0.2, 0) is 9.47 Å². The summed E-state index contributed by atoms with van der Waals surface area (Å²) in [4.78, 5) is 14.8. The third kappa shape index (κ3) is 2.93. The highest BCUT2D eigenvalue weighted by molar-refractivity contribution is 5.91. The number of amides is 2. The van der Waals surface area contributed by atoms with Crippen molar-refractivity contribution < 1.29 is 14.3 Å². The van der Waals surface area contributed by atoms with Crippen molar-refractivity contribution in [1.82, 2.24) is 4.90 Å². The van der Waals surface area contributed by atoms with Gasteiger partial charge in [0.1, 0.15) is 0 Å². The predicted molar refractivity (Wildman–Crippen MR) is 98.7 cm³/mol. The van der Waals surface area contributed by atoms with E-state index in [-0.39, 0.29) is 17.5 Å². The van der Waals surface area contributed by atoms with Crippen LogP contribution in [0.1, 0.15) is 37.8 Å². The topological polar surface area (TPSA) is 50.8 Å². The van der Waals surface area contributed by atoms with Crippen LogP contribution in [0.3, 0.4) is 0 Å². The zero-order valence-corrected chi connectivity index (χ0v) is 16.2. The molecule has 1 aliphatic heterocycles. The number of anilines is 1. The lowest BCUT2D eigenvalue weighted by Gasteiger charge is -2.68. The molecule has 1 aromatic rings. The molecule has 5 heteroatoms. The summed E-state index contributed by atoms with van der Waals surface area (Å²) in [7, 11) is 3.40. The first kappa shape index (κ1) is 18.2. The summed E-state index contributed by atoms with van der Waals surface area (Å²) in [6.45, 7) is 9.19. The summed E-state index contributed by atoms with van der Waals surface area (Å²) in [5.41, 5.74) is 3.24. The molecule has 0 bridgehead atoms. The maximum atomic E-state index is 12.9. The van der Waals surface area contributed by atoms with Crippen molar-refractivity contribution in [2.24, 2.45) is 11.3 Å².